The van der Waals surface area contributed by atoms with Gasteiger partial charge in [-0.05, 0) is 45.7 Å². The van der Waals surface area contributed by atoms with Gasteiger partial charge in [0.05, 0.1) is 6.10 Å². The Balaban J connectivity index is 2.05. The highest BCUT2D eigenvalue weighted by Crippen LogP contribution is 2.35. The third kappa shape index (κ3) is 2.49. The first kappa shape index (κ1) is 10.9. The lowest BCUT2D eigenvalue weighted by atomic mass is 9.94. The predicted molar refractivity (Wildman–Crippen MR) is 55.8 cm³/mol. The fraction of sp³-hybridized carbons (Fsp3) is 0.909. The van der Waals surface area contributed by atoms with E-state index in [-0.39, 0.29) is 6.10 Å². The van der Waals surface area contributed by atoms with Crippen LogP contribution in [-0.4, -0.2) is 47.8 Å². The normalized spacial score (nSPS) is 33.7. The topological polar surface area (TPSA) is 49.8 Å². The summed E-state index contributed by atoms with van der Waals surface area (Å²) in [4.78, 5) is 13.5. The van der Waals surface area contributed by atoms with Crippen molar-refractivity contribution in [2.24, 2.45) is 0 Å². The molecule has 1 saturated heterocycles. The average molecular weight is 213 g/mol. The van der Waals surface area contributed by atoms with Crippen molar-refractivity contribution in [1.29, 1.82) is 0 Å². The summed E-state index contributed by atoms with van der Waals surface area (Å²) in [5.74, 6) is -0.773. The summed E-state index contributed by atoms with van der Waals surface area (Å²) in [5.41, 5.74) is -0.897. The number of carboxylic acids is 1. The first-order valence-electron chi connectivity index (χ1n) is 5.72. The average Bonchev–Trinajstić information content (AvgIpc) is 2.97. The minimum Gasteiger partial charge on any atom is -0.479 e. The number of hydrogen-bond acceptors (Lipinski definition) is 3. The summed E-state index contributed by atoms with van der Waals surface area (Å²) < 4.78 is 5.75. The van der Waals surface area contributed by atoms with Crippen molar-refractivity contribution in [1.82, 2.24) is 4.90 Å². The standard InChI is InChI=1S/C11H19NO3/c1-12-7-2-5-11(6-8-12,10(13)14)15-9-3-4-9/h9H,2-8H2,1H3,(H,13,14). The molecule has 1 heterocycles. The van der Waals surface area contributed by atoms with Crippen LogP contribution in [0.1, 0.15) is 32.1 Å². The highest BCUT2D eigenvalue weighted by Gasteiger charge is 2.44. The molecule has 1 atom stereocenters. The Morgan fingerprint density at radius 3 is 2.73 bits per heavy atom. The largest absolute Gasteiger partial charge is 0.479 e. The third-order valence-electron chi connectivity index (χ3n) is 3.32. The van der Waals surface area contributed by atoms with E-state index in [0.29, 0.717) is 12.8 Å². The van der Waals surface area contributed by atoms with Crippen LogP contribution in [0.4, 0.5) is 0 Å². The Kier molecular flexibility index (Phi) is 2.98. The molecule has 2 rings (SSSR count). The minimum absolute atomic E-state index is 0.213. The maximum Gasteiger partial charge on any atom is 0.336 e. The van der Waals surface area contributed by atoms with Crippen molar-refractivity contribution < 1.29 is 14.6 Å². The third-order valence-corrected chi connectivity index (χ3v) is 3.32. The van der Waals surface area contributed by atoms with Crippen LogP contribution in [0.15, 0.2) is 0 Å². The van der Waals surface area contributed by atoms with Crippen molar-refractivity contribution in [3.8, 4) is 0 Å². The molecule has 2 fully saturated rings. The summed E-state index contributed by atoms with van der Waals surface area (Å²) in [7, 11) is 2.04. The molecule has 1 aliphatic carbocycles. The number of carbonyl (C=O) groups is 1. The van der Waals surface area contributed by atoms with Crippen molar-refractivity contribution in [3.05, 3.63) is 0 Å². The molecule has 2 aliphatic rings. The van der Waals surface area contributed by atoms with Crippen LogP contribution < -0.4 is 0 Å². The number of hydrogen-bond donors (Lipinski definition) is 1. The van der Waals surface area contributed by atoms with Gasteiger partial charge in [0.15, 0.2) is 5.60 Å². The Labute approximate surface area is 90.2 Å². The van der Waals surface area contributed by atoms with Crippen LogP contribution >= 0.6 is 0 Å². The second kappa shape index (κ2) is 4.10. The fourth-order valence-corrected chi connectivity index (χ4v) is 2.13. The first-order chi connectivity index (χ1) is 7.12. The summed E-state index contributed by atoms with van der Waals surface area (Å²) >= 11 is 0. The number of nitrogens with zero attached hydrogens (tertiary/aromatic N) is 1. The van der Waals surface area contributed by atoms with E-state index in [2.05, 4.69) is 4.90 Å². The zero-order valence-electron chi connectivity index (χ0n) is 9.24. The molecule has 4 heteroatoms. The number of carboxylic acid groups (broad SMARTS) is 1. The molecule has 1 saturated carbocycles. The van der Waals surface area contributed by atoms with E-state index in [9.17, 15) is 9.90 Å². The van der Waals surface area contributed by atoms with E-state index in [0.717, 1.165) is 32.4 Å². The van der Waals surface area contributed by atoms with E-state index in [1.165, 1.54) is 0 Å². The lowest BCUT2D eigenvalue weighted by molar-refractivity contribution is -0.170. The summed E-state index contributed by atoms with van der Waals surface area (Å²) in [6.45, 7) is 1.79. The zero-order chi connectivity index (χ0) is 10.9. The molecule has 0 spiro atoms. The van der Waals surface area contributed by atoms with Gasteiger partial charge in [-0.25, -0.2) is 4.79 Å². The van der Waals surface area contributed by atoms with Gasteiger partial charge >= 0.3 is 5.97 Å². The van der Waals surface area contributed by atoms with E-state index in [4.69, 9.17) is 4.74 Å². The molecule has 15 heavy (non-hydrogen) atoms. The SMILES string of the molecule is CN1CCCC(OC2CC2)(C(=O)O)CC1. The molecule has 86 valence electrons. The van der Waals surface area contributed by atoms with Crippen molar-refractivity contribution in [2.75, 3.05) is 20.1 Å². The Bertz CT molecular complexity index is 252. The van der Waals surface area contributed by atoms with Gasteiger partial charge in [-0.3, -0.25) is 0 Å². The highest BCUT2D eigenvalue weighted by atomic mass is 16.5. The Hall–Kier alpha value is -0.610. The minimum atomic E-state index is -0.897. The zero-order valence-corrected chi connectivity index (χ0v) is 9.24. The molecule has 4 nitrogen and oxygen atoms in total. The fourth-order valence-electron chi connectivity index (χ4n) is 2.13. The Morgan fingerprint density at radius 2 is 2.13 bits per heavy atom. The van der Waals surface area contributed by atoms with Gasteiger partial charge in [0.2, 0.25) is 0 Å². The Morgan fingerprint density at radius 1 is 1.40 bits per heavy atom. The highest BCUT2D eigenvalue weighted by molar-refractivity contribution is 5.77. The molecule has 0 amide bonds. The van der Waals surface area contributed by atoms with Gasteiger partial charge in [0, 0.05) is 6.54 Å². The molecule has 0 aromatic rings. The van der Waals surface area contributed by atoms with Crippen LogP contribution in [-0.2, 0) is 9.53 Å². The first-order valence-corrected chi connectivity index (χ1v) is 5.72. The monoisotopic (exact) mass is 213 g/mol. The molecule has 0 aromatic carbocycles. The maximum absolute atomic E-state index is 11.4. The number of ether oxygens (including phenoxy) is 1. The van der Waals surface area contributed by atoms with E-state index >= 15 is 0 Å². The van der Waals surface area contributed by atoms with E-state index in [1.54, 1.807) is 0 Å². The lowest BCUT2D eigenvalue weighted by Crippen LogP contribution is -2.43. The van der Waals surface area contributed by atoms with Gasteiger partial charge in [0.25, 0.3) is 0 Å². The van der Waals surface area contributed by atoms with Crippen LogP contribution in [0.5, 0.6) is 0 Å². The molecule has 0 bridgehead atoms. The summed E-state index contributed by atoms with van der Waals surface area (Å²) in [6.07, 6.45) is 4.47. The summed E-state index contributed by atoms with van der Waals surface area (Å²) in [6, 6.07) is 0. The van der Waals surface area contributed by atoms with Crippen molar-refractivity contribution in [3.63, 3.8) is 0 Å². The summed E-state index contributed by atoms with van der Waals surface area (Å²) in [5, 5.41) is 9.33. The van der Waals surface area contributed by atoms with Gasteiger partial charge in [-0.1, -0.05) is 0 Å². The van der Waals surface area contributed by atoms with Crippen molar-refractivity contribution in [2.45, 2.75) is 43.8 Å². The molecule has 0 aromatic heterocycles. The molecule has 1 unspecified atom stereocenters. The molecular formula is C11H19NO3. The van der Waals surface area contributed by atoms with E-state index in [1.807, 2.05) is 7.05 Å². The second-order valence-corrected chi connectivity index (χ2v) is 4.77. The quantitative estimate of drug-likeness (QED) is 0.763. The maximum atomic E-state index is 11.4. The van der Waals surface area contributed by atoms with Crippen LogP contribution in [0.2, 0.25) is 0 Å². The molecule has 0 radical (unpaired) electrons. The molecule has 1 aliphatic heterocycles. The number of rotatable bonds is 3. The van der Waals surface area contributed by atoms with Gasteiger partial charge < -0.3 is 14.7 Å². The van der Waals surface area contributed by atoms with E-state index < -0.39 is 11.6 Å². The van der Waals surface area contributed by atoms with Gasteiger partial charge in [-0.15, -0.1) is 0 Å². The van der Waals surface area contributed by atoms with Crippen LogP contribution in [0.25, 0.3) is 0 Å². The number of likely N-dealkylation sites (tertiary alicyclic amines) is 1. The predicted octanol–water partition coefficient (Wildman–Crippen LogP) is 1.10. The van der Waals surface area contributed by atoms with Crippen LogP contribution in [0, 0.1) is 0 Å². The van der Waals surface area contributed by atoms with Crippen LogP contribution in [0.3, 0.4) is 0 Å². The number of aliphatic carboxylic acids is 1. The van der Waals surface area contributed by atoms with Gasteiger partial charge in [0.1, 0.15) is 0 Å². The van der Waals surface area contributed by atoms with Gasteiger partial charge in [-0.2, -0.15) is 0 Å². The second-order valence-electron chi connectivity index (χ2n) is 4.77. The van der Waals surface area contributed by atoms with Crippen molar-refractivity contribution >= 4 is 5.97 Å². The molecule has 1 N–H and O–H groups in total. The lowest BCUT2D eigenvalue weighted by Gasteiger charge is -2.28. The molecular weight excluding hydrogens is 194 g/mol. The smallest absolute Gasteiger partial charge is 0.336 e.